The SMILES string of the molecule is O=C1/C(=C/c2ccc(Br)cc2)SC(=S)N1[C@@H]1CCS(=O)(=O)C1. The first-order valence-electron chi connectivity index (χ1n) is 6.59. The molecule has 8 heteroatoms. The molecule has 2 fully saturated rings. The molecule has 2 aliphatic heterocycles. The van der Waals surface area contributed by atoms with Crippen LogP contribution < -0.4 is 0 Å². The molecule has 1 aromatic rings. The molecule has 0 saturated carbocycles. The maximum Gasteiger partial charge on any atom is 0.266 e. The molecular weight excluding hydrogens is 406 g/mol. The second-order valence-corrected chi connectivity index (χ2v) is 9.98. The van der Waals surface area contributed by atoms with Crippen molar-refractivity contribution in [3.63, 3.8) is 0 Å². The van der Waals surface area contributed by atoms with Gasteiger partial charge in [-0.15, -0.1) is 0 Å². The molecule has 2 aliphatic rings. The Balaban J connectivity index is 1.84. The van der Waals surface area contributed by atoms with Crippen molar-refractivity contribution in [2.45, 2.75) is 12.5 Å². The number of carbonyl (C=O) groups is 1. The monoisotopic (exact) mass is 417 g/mol. The van der Waals surface area contributed by atoms with Crippen LogP contribution in [-0.2, 0) is 14.6 Å². The lowest BCUT2D eigenvalue weighted by Crippen LogP contribution is -2.39. The van der Waals surface area contributed by atoms with Crippen LogP contribution in [0.15, 0.2) is 33.6 Å². The fourth-order valence-electron chi connectivity index (χ4n) is 2.48. The highest BCUT2D eigenvalue weighted by atomic mass is 79.9. The van der Waals surface area contributed by atoms with E-state index in [0.717, 1.165) is 10.0 Å². The van der Waals surface area contributed by atoms with Gasteiger partial charge in [-0.05, 0) is 30.2 Å². The Morgan fingerprint density at radius 2 is 2.00 bits per heavy atom. The Morgan fingerprint density at radius 1 is 1.32 bits per heavy atom. The maximum absolute atomic E-state index is 12.5. The predicted octanol–water partition coefficient (Wildman–Crippen LogP) is 2.84. The van der Waals surface area contributed by atoms with E-state index in [9.17, 15) is 13.2 Å². The molecule has 0 unspecified atom stereocenters. The van der Waals surface area contributed by atoms with Crippen LogP contribution in [0.4, 0.5) is 0 Å². The number of rotatable bonds is 2. The Hall–Kier alpha value is -0.700. The number of thioether (sulfide) groups is 1. The third-order valence-corrected chi connectivity index (χ3v) is 7.17. The number of carbonyl (C=O) groups excluding carboxylic acids is 1. The number of amides is 1. The number of benzene rings is 1. The predicted molar refractivity (Wildman–Crippen MR) is 96.2 cm³/mol. The molecule has 1 atom stereocenters. The number of halogens is 1. The van der Waals surface area contributed by atoms with Crippen LogP contribution in [0.2, 0.25) is 0 Å². The number of hydrogen-bond acceptors (Lipinski definition) is 5. The zero-order valence-corrected chi connectivity index (χ0v) is 15.4. The summed E-state index contributed by atoms with van der Waals surface area (Å²) in [6.45, 7) is 0. The summed E-state index contributed by atoms with van der Waals surface area (Å²) in [4.78, 5) is 14.5. The lowest BCUT2D eigenvalue weighted by Gasteiger charge is -2.20. The van der Waals surface area contributed by atoms with E-state index in [1.54, 1.807) is 6.08 Å². The van der Waals surface area contributed by atoms with Gasteiger partial charge in [-0.3, -0.25) is 9.69 Å². The molecule has 0 spiro atoms. The molecule has 0 aliphatic carbocycles. The molecule has 2 saturated heterocycles. The molecular formula is C14H12BrNO3S3. The largest absolute Gasteiger partial charge is 0.289 e. The molecule has 22 heavy (non-hydrogen) atoms. The van der Waals surface area contributed by atoms with Gasteiger partial charge in [-0.25, -0.2) is 8.42 Å². The Bertz CT molecular complexity index is 771. The average molecular weight is 418 g/mol. The van der Waals surface area contributed by atoms with Gasteiger partial charge in [0.1, 0.15) is 4.32 Å². The van der Waals surface area contributed by atoms with E-state index in [0.29, 0.717) is 15.6 Å². The van der Waals surface area contributed by atoms with E-state index in [-0.39, 0.29) is 23.5 Å². The van der Waals surface area contributed by atoms with Crippen molar-refractivity contribution in [2.24, 2.45) is 0 Å². The van der Waals surface area contributed by atoms with Crippen molar-refractivity contribution >= 4 is 66.1 Å². The van der Waals surface area contributed by atoms with Crippen molar-refractivity contribution in [3.8, 4) is 0 Å². The van der Waals surface area contributed by atoms with Gasteiger partial charge in [0.2, 0.25) is 0 Å². The minimum Gasteiger partial charge on any atom is -0.289 e. The summed E-state index contributed by atoms with van der Waals surface area (Å²) in [6.07, 6.45) is 2.25. The Morgan fingerprint density at radius 3 is 2.59 bits per heavy atom. The van der Waals surface area contributed by atoms with Crippen molar-refractivity contribution in [2.75, 3.05) is 11.5 Å². The quantitative estimate of drug-likeness (QED) is 0.546. The van der Waals surface area contributed by atoms with Crippen LogP contribution >= 0.6 is 39.9 Å². The topological polar surface area (TPSA) is 54.5 Å². The molecule has 0 N–H and O–H groups in total. The van der Waals surface area contributed by atoms with Gasteiger partial charge in [0.25, 0.3) is 5.91 Å². The molecule has 0 aromatic heterocycles. The first-order valence-corrected chi connectivity index (χ1v) is 10.4. The van der Waals surface area contributed by atoms with Gasteiger partial charge in [-0.2, -0.15) is 0 Å². The summed E-state index contributed by atoms with van der Waals surface area (Å²) in [7, 11) is -3.05. The highest BCUT2D eigenvalue weighted by Gasteiger charge is 2.41. The second-order valence-electron chi connectivity index (χ2n) is 5.16. The van der Waals surface area contributed by atoms with Crippen LogP contribution in [-0.4, -0.2) is 41.1 Å². The highest BCUT2D eigenvalue weighted by molar-refractivity contribution is 9.10. The summed E-state index contributed by atoms with van der Waals surface area (Å²) >= 11 is 9.86. The molecule has 3 rings (SSSR count). The molecule has 1 aromatic carbocycles. The highest BCUT2D eigenvalue weighted by Crippen LogP contribution is 2.36. The van der Waals surface area contributed by atoms with Crippen LogP contribution in [0.3, 0.4) is 0 Å². The lowest BCUT2D eigenvalue weighted by molar-refractivity contribution is -0.123. The fourth-order valence-corrected chi connectivity index (χ4v) is 5.85. The van der Waals surface area contributed by atoms with E-state index < -0.39 is 9.84 Å². The zero-order chi connectivity index (χ0) is 15.9. The summed E-state index contributed by atoms with van der Waals surface area (Å²) < 4.78 is 24.6. The van der Waals surface area contributed by atoms with E-state index in [4.69, 9.17) is 12.2 Å². The number of nitrogens with zero attached hydrogens (tertiary/aromatic N) is 1. The number of sulfone groups is 1. The Kier molecular flexibility index (Phi) is 4.46. The van der Waals surface area contributed by atoms with Gasteiger partial charge in [0.05, 0.1) is 22.5 Å². The summed E-state index contributed by atoms with van der Waals surface area (Å²) in [5, 5.41) is 0. The third-order valence-electron chi connectivity index (χ3n) is 3.56. The lowest BCUT2D eigenvalue weighted by atomic mass is 10.2. The molecule has 2 heterocycles. The normalized spacial score (nSPS) is 26.1. The minimum absolute atomic E-state index is 0.00496. The van der Waals surface area contributed by atoms with Gasteiger partial charge in [0.15, 0.2) is 9.84 Å². The van der Waals surface area contributed by atoms with E-state index in [2.05, 4.69) is 15.9 Å². The molecule has 0 bridgehead atoms. The fraction of sp³-hybridized carbons (Fsp3) is 0.286. The van der Waals surface area contributed by atoms with Crippen molar-refractivity contribution < 1.29 is 13.2 Å². The molecule has 1 amide bonds. The van der Waals surface area contributed by atoms with Crippen LogP contribution in [0.25, 0.3) is 6.08 Å². The number of hydrogen-bond donors (Lipinski definition) is 0. The third kappa shape index (κ3) is 3.29. The first kappa shape index (κ1) is 16.2. The second kappa shape index (κ2) is 6.07. The molecule has 116 valence electrons. The average Bonchev–Trinajstić information content (AvgIpc) is 2.93. The summed E-state index contributed by atoms with van der Waals surface area (Å²) in [5.74, 6) is -0.0640. The van der Waals surface area contributed by atoms with Gasteiger partial charge in [-0.1, -0.05) is 52.0 Å². The van der Waals surface area contributed by atoms with Crippen LogP contribution in [0.5, 0.6) is 0 Å². The van der Waals surface area contributed by atoms with Crippen LogP contribution in [0, 0.1) is 0 Å². The Labute approximate surface area is 147 Å². The van der Waals surface area contributed by atoms with E-state index in [1.807, 2.05) is 24.3 Å². The van der Waals surface area contributed by atoms with Gasteiger partial charge in [0, 0.05) is 4.47 Å². The van der Waals surface area contributed by atoms with Gasteiger partial charge < -0.3 is 0 Å². The van der Waals surface area contributed by atoms with Gasteiger partial charge >= 0.3 is 0 Å². The van der Waals surface area contributed by atoms with E-state index in [1.165, 1.54) is 16.7 Å². The summed E-state index contributed by atoms with van der Waals surface area (Å²) in [6, 6.07) is 7.27. The molecule has 0 radical (unpaired) electrons. The van der Waals surface area contributed by atoms with Crippen molar-refractivity contribution in [1.82, 2.24) is 4.90 Å². The maximum atomic E-state index is 12.5. The van der Waals surface area contributed by atoms with Crippen molar-refractivity contribution in [1.29, 1.82) is 0 Å². The first-order chi connectivity index (χ1) is 10.4. The zero-order valence-electron chi connectivity index (χ0n) is 11.4. The standard InChI is InChI=1S/C14H12BrNO3S3/c15-10-3-1-9(2-4-10)7-12-13(17)16(14(20)21-12)11-5-6-22(18,19)8-11/h1-4,7,11H,5-6,8H2/b12-7-/t11-/m1/s1. The molecule has 4 nitrogen and oxygen atoms in total. The van der Waals surface area contributed by atoms with Crippen molar-refractivity contribution in [3.05, 3.63) is 39.2 Å². The smallest absolute Gasteiger partial charge is 0.266 e. The minimum atomic E-state index is -3.05. The van der Waals surface area contributed by atoms with Crippen LogP contribution in [0.1, 0.15) is 12.0 Å². The van der Waals surface area contributed by atoms with E-state index >= 15 is 0 Å². The number of thiocarbonyl (C=S) groups is 1. The summed E-state index contributed by atoms with van der Waals surface area (Å²) in [5.41, 5.74) is 0.905.